The third-order valence-corrected chi connectivity index (χ3v) is 18.2. The van der Waals surface area contributed by atoms with Gasteiger partial charge in [0.05, 0.1) is 12.6 Å². The summed E-state index contributed by atoms with van der Waals surface area (Å²) in [5.74, 6) is -10.5. The van der Waals surface area contributed by atoms with Crippen LogP contribution in [0.5, 0.6) is 0 Å². The first-order valence-electron chi connectivity index (χ1n) is 33.9. The van der Waals surface area contributed by atoms with Crippen molar-refractivity contribution in [2.24, 2.45) is 35.5 Å². The minimum Gasteiger partial charge on any atom is -0.443 e. The van der Waals surface area contributed by atoms with Crippen LogP contribution in [0.1, 0.15) is 156 Å². The van der Waals surface area contributed by atoms with Crippen molar-refractivity contribution >= 4 is 71.1 Å². The van der Waals surface area contributed by atoms with Gasteiger partial charge < -0.3 is 75.2 Å². The Balaban J connectivity index is 3.04. The molecule has 0 aromatic rings. The molecule has 12 amide bonds. The highest BCUT2D eigenvalue weighted by molar-refractivity contribution is 5.99. The number of hydrogen-bond acceptors (Lipinski definition) is 15. The normalized spacial score (nSPS) is 26.6. The van der Waals surface area contributed by atoms with Crippen molar-refractivity contribution in [3.63, 3.8) is 0 Å². The molecule has 27 heteroatoms. The number of hydrogen-bond donors (Lipinski definition) is 5. The molecule has 2 aliphatic heterocycles. The van der Waals surface area contributed by atoms with E-state index in [1.807, 2.05) is 48.6 Å². The smallest absolute Gasteiger partial charge is 0.410 e. The second kappa shape index (κ2) is 37.6. The minimum absolute atomic E-state index is 0.0332. The average molecular weight is 1340 g/mol. The number of aliphatic hydroxyl groups is 1. The first kappa shape index (κ1) is 84.2. The van der Waals surface area contributed by atoms with E-state index in [4.69, 9.17) is 4.74 Å². The maximum Gasteiger partial charge on any atom is 0.410 e. The predicted molar refractivity (Wildman–Crippen MR) is 363 cm³/mol. The van der Waals surface area contributed by atoms with Gasteiger partial charge in [-0.15, -0.1) is 0 Å². The van der Waals surface area contributed by atoms with Crippen molar-refractivity contribution in [1.29, 1.82) is 0 Å². The molecule has 2 fully saturated rings. The van der Waals surface area contributed by atoms with Crippen LogP contribution in [0.15, 0.2) is 12.2 Å². The third kappa shape index (κ3) is 23.7. The first-order chi connectivity index (χ1) is 43.9. The van der Waals surface area contributed by atoms with E-state index in [2.05, 4.69) is 26.2 Å². The molecular formula is C68H121N13O14. The summed E-state index contributed by atoms with van der Waals surface area (Å²) in [6, 6.07) is -13.2. The van der Waals surface area contributed by atoms with Crippen LogP contribution in [0, 0.1) is 35.5 Å². The number of likely N-dealkylation sites (N-methyl/N-ethyl adjacent to an activating group) is 8. The van der Waals surface area contributed by atoms with E-state index >= 15 is 19.2 Å². The van der Waals surface area contributed by atoms with Gasteiger partial charge in [0.2, 0.25) is 65.0 Å². The molecule has 2 rings (SSSR count). The number of nitrogens with zero attached hydrogens (tertiary/aromatic N) is 9. The number of rotatable bonds is 16. The lowest BCUT2D eigenvalue weighted by atomic mass is 9.91. The molecule has 2 unspecified atom stereocenters. The number of ether oxygens (including phenoxy) is 1. The van der Waals surface area contributed by atoms with E-state index in [9.17, 15) is 43.5 Å². The number of piperazine rings is 1. The van der Waals surface area contributed by atoms with Crippen LogP contribution in [0.2, 0.25) is 0 Å². The molecule has 0 aromatic heterocycles. The fourth-order valence-electron chi connectivity index (χ4n) is 12.0. The molecule has 2 saturated heterocycles. The van der Waals surface area contributed by atoms with E-state index in [-0.39, 0.29) is 56.3 Å². The topological polar surface area (TPSA) is 312 Å². The number of carbonyl (C=O) groups excluding carboxylic acids is 12. The van der Waals surface area contributed by atoms with Crippen LogP contribution in [0.4, 0.5) is 4.79 Å². The fourth-order valence-corrected chi connectivity index (χ4v) is 12.0. The molecule has 0 radical (unpaired) electrons. The van der Waals surface area contributed by atoms with E-state index in [1.165, 1.54) is 82.8 Å². The molecule has 5 N–H and O–H groups in total. The Morgan fingerprint density at radius 3 is 1.48 bits per heavy atom. The third-order valence-electron chi connectivity index (χ3n) is 18.2. The van der Waals surface area contributed by atoms with Gasteiger partial charge in [-0.1, -0.05) is 95.2 Å². The summed E-state index contributed by atoms with van der Waals surface area (Å²) in [6.45, 7) is 30.3. The number of amides is 12. The van der Waals surface area contributed by atoms with E-state index in [0.717, 1.165) is 14.7 Å². The SMILES string of the molecule is C/C=C/CC(C)C(O)[C@H]1C(=O)N[C@@H](CC)C(=O)N(C)CC(=O)N(C)[C@@H](CC(C)(C)OC(=O)N2CCN(C)CC2)C(=O)N[C@@H](C(C)C)C(=O)N(C)[C@@H](CC(C)C)C(=O)N[C@@H](C)C(=O)N[C@H](C)C(=O)N(C)[C@@H](CC(C)C)C(=O)N(C)[C@@H](CC(C)C)C(=O)N(C)[C@@H](C(C)C)C(=O)N1C. The van der Waals surface area contributed by atoms with Gasteiger partial charge in [0.15, 0.2) is 0 Å². The molecule has 542 valence electrons. The monoisotopic (exact) mass is 1340 g/mol. The van der Waals surface area contributed by atoms with E-state index in [0.29, 0.717) is 26.2 Å². The molecule has 12 atom stereocenters. The maximum atomic E-state index is 15.3. The van der Waals surface area contributed by atoms with Crippen LogP contribution >= 0.6 is 0 Å². The van der Waals surface area contributed by atoms with Gasteiger partial charge in [0.1, 0.15) is 66.0 Å². The van der Waals surface area contributed by atoms with Crippen molar-refractivity contribution in [2.45, 2.75) is 228 Å². The molecular weight excluding hydrogens is 1220 g/mol. The molecule has 2 heterocycles. The summed E-state index contributed by atoms with van der Waals surface area (Å²) in [6.07, 6.45) is 1.69. The van der Waals surface area contributed by atoms with Gasteiger partial charge in [-0.05, 0) is 109 Å². The zero-order valence-electron chi connectivity index (χ0n) is 62.0. The van der Waals surface area contributed by atoms with Gasteiger partial charge in [0.25, 0.3) is 0 Å². The van der Waals surface area contributed by atoms with Gasteiger partial charge in [0, 0.05) is 81.9 Å². The molecule has 0 spiro atoms. The van der Waals surface area contributed by atoms with Gasteiger partial charge in [-0.2, -0.15) is 0 Å². The Labute approximate surface area is 566 Å². The summed E-state index contributed by atoms with van der Waals surface area (Å²) in [5.41, 5.74) is -1.44. The Morgan fingerprint density at radius 2 is 1.00 bits per heavy atom. The van der Waals surface area contributed by atoms with E-state index < -0.39 is 167 Å². The second-order valence-electron chi connectivity index (χ2n) is 29.1. The highest BCUT2D eigenvalue weighted by Gasteiger charge is 2.46. The van der Waals surface area contributed by atoms with Crippen LogP contribution < -0.4 is 21.3 Å². The second-order valence-corrected chi connectivity index (χ2v) is 29.1. The van der Waals surface area contributed by atoms with Crippen molar-refractivity contribution < 1.29 is 67.4 Å². The lowest BCUT2D eigenvalue weighted by Gasteiger charge is -2.41. The first-order valence-corrected chi connectivity index (χ1v) is 33.9. The number of aliphatic hydroxyl groups excluding tert-OH is 1. The summed E-state index contributed by atoms with van der Waals surface area (Å²) >= 11 is 0. The van der Waals surface area contributed by atoms with Crippen LogP contribution in [-0.4, -0.2) is 282 Å². The van der Waals surface area contributed by atoms with Crippen molar-refractivity contribution in [2.75, 3.05) is 89.1 Å². The lowest BCUT2D eigenvalue weighted by molar-refractivity contribution is -0.157. The summed E-state index contributed by atoms with van der Waals surface area (Å²) in [5, 5.41) is 23.2. The number of carbonyl (C=O) groups is 12. The van der Waals surface area contributed by atoms with E-state index in [1.54, 1.807) is 79.4 Å². The van der Waals surface area contributed by atoms with Crippen molar-refractivity contribution in [3.05, 3.63) is 12.2 Å². The Kier molecular flexibility index (Phi) is 33.3. The Morgan fingerprint density at radius 1 is 0.537 bits per heavy atom. The largest absolute Gasteiger partial charge is 0.443 e. The maximum absolute atomic E-state index is 15.3. The molecule has 95 heavy (non-hydrogen) atoms. The minimum atomic E-state index is -1.66. The highest BCUT2D eigenvalue weighted by atomic mass is 16.6. The number of allylic oxidation sites excluding steroid dienone is 2. The molecule has 2 aliphatic rings. The highest BCUT2D eigenvalue weighted by Crippen LogP contribution is 2.27. The lowest BCUT2D eigenvalue weighted by Crippen LogP contribution is -2.63. The van der Waals surface area contributed by atoms with Crippen LogP contribution in [-0.2, 0) is 57.5 Å². The summed E-state index contributed by atoms with van der Waals surface area (Å²) < 4.78 is 6.05. The Hall–Kier alpha value is -6.90. The molecule has 0 bridgehead atoms. The molecule has 0 aliphatic carbocycles. The quantitative estimate of drug-likeness (QED) is 0.139. The Bertz CT molecular complexity index is 2680. The number of nitrogens with one attached hydrogen (secondary N) is 4. The molecule has 0 aromatic carbocycles. The average Bonchev–Trinajstić information content (AvgIpc) is 0.817. The fraction of sp³-hybridized carbons (Fsp3) is 0.794. The van der Waals surface area contributed by atoms with Crippen LogP contribution in [0.3, 0.4) is 0 Å². The summed E-state index contributed by atoms with van der Waals surface area (Å²) in [7, 11) is 11.6. The van der Waals surface area contributed by atoms with Gasteiger partial charge >= 0.3 is 6.09 Å². The molecule has 0 saturated carbocycles. The zero-order valence-corrected chi connectivity index (χ0v) is 62.0. The van der Waals surface area contributed by atoms with Crippen molar-refractivity contribution in [1.82, 2.24) is 65.4 Å². The zero-order chi connectivity index (χ0) is 73.2. The van der Waals surface area contributed by atoms with Gasteiger partial charge in [-0.25, -0.2) is 4.79 Å². The molecule has 27 nitrogen and oxygen atoms in total. The van der Waals surface area contributed by atoms with Crippen molar-refractivity contribution in [3.8, 4) is 0 Å². The standard InChI is InChI=1S/C68H121N13O14/c1-26-28-29-44(13)56(83)55-60(87)71-47(27-2)62(89)74(19)38-52(82)75(20)51(37-68(16,17)95-67(94)81-32-30-73(18)31-33-81)59(86)72-53(42(9)10)65(92)76(21)48(34-39(3)4)58(85)69-45(14)57(84)70-46(15)61(88)77(22)49(35-40(5)6)63(90)78(23)50(36-41(7)8)64(91)79(24)54(43(11)12)66(93)80(55)25/h26,28,39-51,53-56,83H,27,29-38H2,1-25H3,(H,69,85)(H,70,84)(H,71,87)(H,72,86)/b28-26+/t44?,45-,46+,47-,48-,49-,50-,51-,53-,54-,55-,56?/m0/s1. The predicted octanol–water partition coefficient (Wildman–Crippen LogP) is 2.78. The van der Waals surface area contributed by atoms with Gasteiger partial charge in [-0.3, -0.25) is 52.7 Å². The summed E-state index contributed by atoms with van der Waals surface area (Å²) in [4.78, 5) is 188. The van der Waals surface area contributed by atoms with Crippen LogP contribution in [0.25, 0.3) is 0 Å².